The lowest BCUT2D eigenvalue weighted by Gasteiger charge is -2.20. The molecule has 0 radical (unpaired) electrons. The first kappa shape index (κ1) is 19.2. The van der Waals surface area contributed by atoms with Gasteiger partial charge < -0.3 is 19.8 Å². The fourth-order valence-corrected chi connectivity index (χ4v) is 4.23. The number of carbonyl (C=O) groups is 1. The third-order valence-corrected chi connectivity index (χ3v) is 5.86. The van der Waals surface area contributed by atoms with Crippen LogP contribution in [0.25, 0.3) is 10.9 Å². The first-order chi connectivity index (χ1) is 15.2. The van der Waals surface area contributed by atoms with Crippen molar-refractivity contribution in [1.29, 1.82) is 0 Å². The molecule has 31 heavy (non-hydrogen) atoms. The number of hydrogen-bond acceptors (Lipinski definition) is 3. The quantitative estimate of drug-likeness (QED) is 0.452. The Hall–Kier alpha value is -3.73. The lowest BCUT2D eigenvalue weighted by Crippen LogP contribution is -2.28. The zero-order valence-electron chi connectivity index (χ0n) is 17.3. The van der Waals surface area contributed by atoms with E-state index in [9.17, 15) is 4.79 Å². The van der Waals surface area contributed by atoms with Crippen LogP contribution in [0.4, 0.5) is 0 Å². The van der Waals surface area contributed by atoms with Gasteiger partial charge in [0.1, 0.15) is 0 Å². The Labute approximate surface area is 181 Å². The molecule has 5 rings (SSSR count). The van der Waals surface area contributed by atoms with Crippen molar-refractivity contribution in [1.82, 2.24) is 10.3 Å². The van der Waals surface area contributed by atoms with Gasteiger partial charge in [-0.05, 0) is 41.8 Å². The number of fused-ring (bicyclic) bond motifs is 2. The maximum Gasteiger partial charge on any atom is 0.231 e. The molecule has 1 aliphatic heterocycles. The molecule has 156 valence electrons. The lowest BCUT2D eigenvalue weighted by molar-refractivity contribution is -0.121. The summed E-state index contributed by atoms with van der Waals surface area (Å²) in [6.45, 7) is 2.24. The van der Waals surface area contributed by atoms with E-state index in [-0.39, 0.29) is 24.7 Å². The number of aromatic nitrogens is 1. The van der Waals surface area contributed by atoms with Gasteiger partial charge in [-0.25, -0.2) is 0 Å². The summed E-state index contributed by atoms with van der Waals surface area (Å²) in [5.41, 5.74) is 4.26. The average Bonchev–Trinajstić information content (AvgIpc) is 3.44. The summed E-state index contributed by atoms with van der Waals surface area (Å²) in [5.74, 6) is 1.35. The number of benzene rings is 3. The number of H-pyrrole nitrogens is 1. The summed E-state index contributed by atoms with van der Waals surface area (Å²) < 4.78 is 11.1. The normalized spacial score (nSPS) is 14.4. The standard InChI is InChI=1S/C26H24N2O3/c1-17(18-7-3-2-4-8-18)28-26(29)14-21(19-11-12-24-25(13-19)31-16-30-24)22-15-27-23-10-6-5-9-20(22)23/h2-13,15,17,21,27H,14,16H2,1H3,(H,28,29). The molecule has 2 unspecified atom stereocenters. The molecule has 5 heteroatoms. The second-order valence-electron chi connectivity index (χ2n) is 7.86. The minimum Gasteiger partial charge on any atom is -0.454 e. The number of nitrogens with one attached hydrogen (secondary N) is 2. The number of hydrogen-bond donors (Lipinski definition) is 2. The zero-order valence-corrected chi connectivity index (χ0v) is 17.3. The highest BCUT2D eigenvalue weighted by Crippen LogP contribution is 2.39. The van der Waals surface area contributed by atoms with Crippen LogP contribution >= 0.6 is 0 Å². The van der Waals surface area contributed by atoms with Crippen LogP contribution in [0.1, 0.15) is 42.0 Å². The van der Waals surface area contributed by atoms with E-state index in [0.717, 1.165) is 39.1 Å². The summed E-state index contributed by atoms with van der Waals surface area (Å²) in [5, 5.41) is 4.27. The Kier molecular flexibility index (Phi) is 5.08. The van der Waals surface area contributed by atoms with E-state index in [2.05, 4.69) is 16.4 Å². The van der Waals surface area contributed by atoms with Gasteiger partial charge in [0.15, 0.2) is 11.5 Å². The van der Waals surface area contributed by atoms with Crippen LogP contribution in [0.2, 0.25) is 0 Å². The topological polar surface area (TPSA) is 63.4 Å². The van der Waals surface area contributed by atoms with E-state index < -0.39 is 0 Å². The molecule has 0 spiro atoms. The van der Waals surface area contributed by atoms with Crippen LogP contribution in [0.15, 0.2) is 79.0 Å². The summed E-state index contributed by atoms with van der Waals surface area (Å²) in [6.07, 6.45) is 2.34. The van der Waals surface area contributed by atoms with Gasteiger partial charge in [0.2, 0.25) is 12.7 Å². The largest absolute Gasteiger partial charge is 0.454 e. The first-order valence-electron chi connectivity index (χ1n) is 10.5. The molecule has 0 saturated heterocycles. The highest BCUT2D eigenvalue weighted by atomic mass is 16.7. The van der Waals surface area contributed by atoms with Crippen molar-refractivity contribution in [2.45, 2.75) is 25.3 Å². The molecule has 0 bridgehead atoms. The predicted molar refractivity (Wildman–Crippen MR) is 120 cm³/mol. The van der Waals surface area contributed by atoms with Gasteiger partial charge in [0.25, 0.3) is 0 Å². The third-order valence-electron chi connectivity index (χ3n) is 5.86. The van der Waals surface area contributed by atoms with Crippen molar-refractivity contribution in [3.8, 4) is 11.5 Å². The maximum absolute atomic E-state index is 13.1. The molecule has 1 aliphatic rings. The molecule has 0 fully saturated rings. The number of amides is 1. The smallest absolute Gasteiger partial charge is 0.231 e. The van der Waals surface area contributed by atoms with Gasteiger partial charge >= 0.3 is 0 Å². The Morgan fingerprint density at radius 3 is 2.61 bits per heavy atom. The average molecular weight is 412 g/mol. The molecule has 2 heterocycles. The second-order valence-corrected chi connectivity index (χ2v) is 7.86. The van der Waals surface area contributed by atoms with E-state index in [1.165, 1.54) is 0 Å². The highest BCUT2D eigenvalue weighted by Gasteiger charge is 2.24. The Bertz CT molecular complexity index is 1220. The fourth-order valence-electron chi connectivity index (χ4n) is 4.23. The predicted octanol–water partition coefficient (Wildman–Crippen LogP) is 5.30. The molecule has 4 aromatic rings. The SMILES string of the molecule is CC(NC(=O)CC(c1ccc2c(c1)OCO2)c1c[nH]c2ccccc12)c1ccccc1. The number of aromatic amines is 1. The van der Waals surface area contributed by atoms with Gasteiger partial charge in [0.05, 0.1) is 6.04 Å². The van der Waals surface area contributed by atoms with Crippen molar-refractivity contribution in [2.24, 2.45) is 0 Å². The molecule has 1 aromatic heterocycles. The third kappa shape index (κ3) is 3.87. The van der Waals surface area contributed by atoms with Crippen LogP contribution in [0.5, 0.6) is 11.5 Å². The number of rotatable bonds is 6. The van der Waals surface area contributed by atoms with Crippen molar-refractivity contribution in [3.63, 3.8) is 0 Å². The Morgan fingerprint density at radius 2 is 1.74 bits per heavy atom. The van der Waals surface area contributed by atoms with Crippen LogP contribution in [-0.2, 0) is 4.79 Å². The minimum atomic E-state index is -0.117. The number of ether oxygens (including phenoxy) is 2. The zero-order chi connectivity index (χ0) is 21.2. The van der Waals surface area contributed by atoms with Crippen molar-refractivity contribution in [3.05, 3.63) is 95.7 Å². The maximum atomic E-state index is 13.1. The molecular weight excluding hydrogens is 388 g/mol. The van der Waals surface area contributed by atoms with Crippen molar-refractivity contribution in [2.75, 3.05) is 6.79 Å². The van der Waals surface area contributed by atoms with Gasteiger partial charge in [0, 0.05) is 29.4 Å². The molecule has 2 atom stereocenters. The molecule has 1 amide bonds. The molecular formula is C26H24N2O3. The van der Waals surface area contributed by atoms with Crippen molar-refractivity contribution >= 4 is 16.8 Å². The van der Waals surface area contributed by atoms with E-state index in [0.29, 0.717) is 6.42 Å². The first-order valence-corrected chi connectivity index (χ1v) is 10.5. The fraction of sp³-hybridized carbons (Fsp3) is 0.192. The van der Waals surface area contributed by atoms with Gasteiger partial charge in [-0.3, -0.25) is 4.79 Å². The van der Waals surface area contributed by atoms with Crippen LogP contribution in [0.3, 0.4) is 0 Å². The molecule has 2 N–H and O–H groups in total. The minimum absolute atomic E-state index is 0.00398. The molecule has 5 nitrogen and oxygen atoms in total. The van der Waals surface area contributed by atoms with Gasteiger partial charge in [-0.1, -0.05) is 54.6 Å². The van der Waals surface area contributed by atoms with Gasteiger partial charge in [-0.15, -0.1) is 0 Å². The summed E-state index contributed by atoms with van der Waals surface area (Å²) in [6, 6.07) is 24.0. The lowest BCUT2D eigenvalue weighted by atomic mass is 9.87. The van der Waals surface area contributed by atoms with E-state index >= 15 is 0 Å². The summed E-state index contributed by atoms with van der Waals surface area (Å²) >= 11 is 0. The van der Waals surface area contributed by atoms with Crippen LogP contribution < -0.4 is 14.8 Å². The monoisotopic (exact) mass is 412 g/mol. The van der Waals surface area contributed by atoms with Crippen molar-refractivity contribution < 1.29 is 14.3 Å². The number of carbonyl (C=O) groups excluding carboxylic acids is 1. The van der Waals surface area contributed by atoms with E-state index in [1.54, 1.807) is 0 Å². The number of para-hydroxylation sites is 1. The summed E-state index contributed by atoms with van der Waals surface area (Å²) in [4.78, 5) is 16.4. The molecule has 0 saturated carbocycles. The Morgan fingerprint density at radius 1 is 0.968 bits per heavy atom. The van der Waals surface area contributed by atoms with Crippen LogP contribution in [-0.4, -0.2) is 17.7 Å². The molecule has 3 aromatic carbocycles. The second kappa shape index (κ2) is 8.19. The summed E-state index contributed by atoms with van der Waals surface area (Å²) in [7, 11) is 0. The molecule has 0 aliphatic carbocycles. The van der Waals surface area contributed by atoms with Crippen LogP contribution in [0, 0.1) is 0 Å². The van der Waals surface area contributed by atoms with E-state index in [4.69, 9.17) is 9.47 Å². The van der Waals surface area contributed by atoms with E-state index in [1.807, 2.05) is 79.9 Å². The highest BCUT2D eigenvalue weighted by molar-refractivity contribution is 5.86. The van der Waals surface area contributed by atoms with Gasteiger partial charge in [-0.2, -0.15) is 0 Å². The Balaban J connectivity index is 1.46.